The van der Waals surface area contributed by atoms with Gasteiger partial charge in [-0.3, -0.25) is 4.79 Å². The number of fused-ring (bicyclic) bond motifs is 1. The third-order valence-corrected chi connectivity index (χ3v) is 3.22. The third-order valence-electron chi connectivity index (χ3n) is 3.22. The molecule has 19 heavy (non-hydrogen) atoms. The van der Waals surface area contributed by atoms with Crippen LogP contribution in [0.2, 0.25) is 0 Å². The van der Waals surface area contributed by atoms with Crippen molar-refractivity contribution in [1.82, 2.24) is 9.55 Å². The lowest BCUT2D eigenvalue weighted by molar-refractivity contribution is -0.116. The minimum absolute atomic E-state index is 0.00606. The van der Waals surface area contributed by atoms with Crippen LogP contribution in [0.4, 0.5) is 0 Å². The highest BCUT2D eigenvalue weighted by molar-refractivity contribution is 5.77. The van der Waals surface area contributed by atoms with Crippen molar-refractivity contribution in [2.45, 2.75) is 40.2 Å². The quantitative estimate of drug-likeness (QED) is 0.845. The van der Waals surface area contributed by atoms with Crippen molar-refractivity contribution in [3.05, 3.63) is 39.8 Å². The number of hydrogen-bond donors (Lipinski definition) is 0. The average molecular weight is 258 g/mol. The number of carbonyl (C=O) groups excluding carboxylic acids is 1. The third kappa shape index (κ3) is 2.72. The predicted molar refractivity (Wildman–Crippen MR) is 75.4 cm³/mol. The van der Waals surface area contributed by atoms with Gasteiger partial charge in [0.1, 0.15) is 11.4 Å². The largest absolute Gasteiger partial charge is 0.332 e. The molecule has 0 unspecified atom stereocenters. The summed E-state index contributed by atoms with van der Waals surface area (Å²) in [5.74, 6) is 0.101. The summed E-state index contributed by atoms with van der Waals surface area (Å²) in [7, 11) is 0. The van der Waals surface area contributed by atoms with Crippen molar-refractivity contribution in [2.75, 3.05) is 0 Å². The standard InChI is InChI=1S/C15H18N2O2/c1-4-17-9-12(7-6-11(3)18)14(19)13-8-5-10(2)16-15(13)17/h5,8-9H,4,6-7H2,1-3H3. The lowest BCUT2D eigenvalue weighted by Crippen LogP contribution is -2.16. The van der Waals surface area contributed by atoms with Crippen LogP contribution in [0, 0.1) is 6.92 Å². The molecule has 0 N–H and O–H groups in total. The van der Waals surface area contributed by atoms with Crippen LogP contribution in [-0.2, 0) is 17.8 Å². The molecule has 0 aromatic carbocycles. The smallest absolute Gasteiger partial charge is 0.194 e. The first kappa shape index (κ1) is 13.5. The van der Waals surface area contributed by atoms with Crippen LogP contribution >= 0.6 is 0 Å². The van der Waals surface area contributed by atoms with E-state index < -0.39 is 0 Å². The highest BCUT2D eigenvalue weighted by Crippen LogP contribution is 2.11. The van der Waals surface area contributed by atoms with Gasteiger partial charge in [0.2, 0.25) is 0 Å². The number of nitrogens with zero attached hydrogens (tertiary/aromatic N) is 2. The molecule has 0 atom stereocenters. The number of rotatable bonds is 4. The van der Waals surface area contributed by atoms with Crippen molar-refractivity contribution in [3.8, 4) is 0 Å². The zero-order valence-electron chi connectivity index (χ0n) is 11.6. The van der Waals surface area contributed by atoms with Gasteiger partial charge in [0.15, 0.2) is 5.43 Å². The van der Waals surface area contributed by atoms with Gasteiger partial charge in [0.25, 0.3) is 0 Å². The Labute approximate surface area is 112 Å². The highest BCUT2D eigenvalue weighted by atomic mass is 16.1. The SMILES string of the molecule is CCn1cc(CCC(C)=O)c(=O)c2ccc(C)nc21. The van der Waals surface area contributed by atoms with E-state index >= 15 is 0 Å². The van der Waals surface area contributed by atoms with Crippen molar-refractivity contribution < 1.29 is 4.79 Å². The minimum atomic E-state index is -0.00606. The molecular weight excluding hydrogens is 240 g/mol. The van der Waals surface area contributed by atoms with Crippen molar-refractivity contribution in [1.29, 1.82) is 0 Å². The number of pyridine rings is 2. The van der Waals surface area contributed by atoms with Crippen molar-refractivity contribution in [2.24, 2.45) is 0 Å². The first-order valence-electron chi connectivity index (χ1n) is 6.52. The van der Waals surface area contributed by atoms with Gasteiger partial charge in [-0.25, -0.2) is 4.98 Å². The molecule has 2 aromatic rings. The van der Waals surface area contributed by atoms with E-state index in [1.165, 1.54) is 0 Å². The fraction of sp³-hybridized carbons (Fsp3) is 0.400. The fourth-order valence-electron chi connectivity index (χ4n) is 2.15. The van der Waals surface area contributed by atoms with Crippen LogP contribution in [0.3, 0.4) is 0 Å². The molecule has 0 bridgehead atoms. The van der Waals surface area contributed by atoms with Gasteiger partial charge in [-0.05, 0) is 39.3 Å². The Kier molecular flexibility index (Phi) is 3.79. The molecular formula is C15H18N2O2. The molecule has 0 saturated carbocycles. The molecule has 4 nitrogen and oxygen atoms in total. The number of aryl methyl sites for hydroxylation is 3. The predicted octanol–water partition coefficient (Wildman–Crippen LogP) is 2.25. The van der Waals surface area contributed by atoms with Crippen LogP contribution in [0.1, 0.15) is 31.5 Å². The maximum absolute atomic E-state index is 12.4. The Morgan fingerprint density at radius 1 is 1.37 bits per heavy atom. The molecule has 0 amide bonds. The van der Waals surface area contributed by atoms with E-state index in [4.69, 9.17) is 0 Å². The summed E-state index contributed by atoms with van der Waals surface area (Å²) in [5.41, 5.74) is 2.30. The molecule has 4 heteroatoms. The summed E-state index contributed by atoms with van der Waals surface area (Å²) in [5, 5.41) is 0.633. The number of Topliss-reactive ketones (excluding diaryl/α,β-unsaturated/α-hetero) is 1. The van der Waals surface area contributed by atoms with Gasteiger partial charge < -0.3 is 9.36 Å². The van der Waals surface area contributed by atoms with Crippen molar-refractivity contribution in [3.63, 3.8) is 0 Å². The summed E-state index contributed by atoms with van der Waals surface area (Å²) in [6, 6.07) is 3.67. The summed E-state index contributed by atoms with van der Waals surface area (Å²) in [4.78, 5) is 27.9. The van der Waals surface area contributed by atoms with Gasteiger partial charge in [0, 0.05) is 30.4 Å². The molecule has 0 saturated heterocycles. The van der Waals surface area contributed by atoms with Gasteiger partial charge >= 0.3 is 0 Å². The minimum Gasteiger partial charge on any atom is -0.332 e. The molecule has 100 valence electrons. The molecule has 0 spiro atoms. The van der Waals surface area contributed by atoms with E-state index in [1.807, 2.05) is 36.7 Å². The van der Waals surface area contributed by atoms with Crippen LogP contribution < -0.4 is 5.43 Å². The number of aromatic nitrogens is 2. The maximum atomic E-state index is 12.4. The Balaban J connectivity index is 2.62. The number of hydrogen-bond acceptors (Lipinski definition) is 3. The number of carbonyl (C=O) groups is 1. The lowest BCUT2D eigenvalue weighted by Gasteiger charge is -2.11. The van der Waals surface area contributed by atoms with E-state index in [-0.39, 0.29) is 11.2 Å². The van der Waals surface area contributed by atoms with E-state index in [1.54, 1.807) is 6.92 Å². The molecule has 2 heterocycles. The van der Waals surface area contributed by atoms with Crippen LogP contribution in [0.5, 0.6) is 0 Å². The monoisotopic (exact) mass is 258 g/mol. The molecule has 0 aliphatic carbocycles. The second kappa shape index (κ2) is 5.34. The fourth-order valence-corrected chi connectivity index (χ4v) is 2.15. The van der Waals surface area contributed by atoms with Crippen molar-refractivity contribution >= 4 is 16.8 Å². The summed E-state index contributed by atoms with van der Waals surface area (Å²) in [6.07, 6.45) is 2.74. The first-order chi connectivity index (χ1) is 9.02. The molecule has 0 fully saturated rings. The topological polar surface area (TPSA) is 52.0 Å². The Morgan fingerprint density at radius 3 is 2.74 bits per heavy atom. The molecule has 0 aliphatic heterocycles. The average Bonchev–Trinajstić information content (AvgIpc) is 2.37. The highest BCUT2D eigenvalue weighted by Gasteiger charge is 2.10. The summed E-state index contributed by atoms with van der Waals surface area (Å²) < 4.78 is 1.97. The summed E-state index contributed by atoms with van der Waals surface area (Å²) >= 11 is 0. The van der Waals surface area contributed by atoms with E-state index in [0.717, 1.165) is 17.9 Å². The molecule has 0 radical (unpaired) electrons. The van der Waals surface area contributed by atoms with Crippen LogP contribution in [0.15, 0.2) is 23.1 Å². The normalized spacial score (nSPS) is 10.9. The first-order valence-corrected chi connectivity index (χ1v) is 6.52. The zero-order chi connectivity index (χ0) is 14.0. The van der Waals surface area contributed by atoms with Gasteiger partial charge in [-0.1, -0.05) is 0 Å². The second-order valence-corrected chi connectivity index (χ2v) is 4.80. The van der Waals surface area contributed by atoms with Crippen LogP contribution in [-0.4, -0.2) is 15.3 Å². The van der Waals surface area contributed by atoms with Gasteiger partial charge in [-0.2, -0.15) is 0 Å². The lowest BCUT2D eigenvalue weighted by atomic mass is 10.1. The Bertz CT molecular complexity index is 686. The molecule has 0 aliphatic rings. The van der Waals surface area contributed by atoms with E-state index in [9.17, 15) is 9.59 Å². The molecule has 2 rings (SSSR count). The Hall–Kier alpha value is -1.97. The zero-order valence-corrected chi connectivity index (χ0v) is 11.6. The summed E-state index contributed by atoms with van der Waals surface area (Å²) in [6.45, 7) is 6.22. The number of ketones is 1. The van der Waals surface area contributed by atoms with E-state index in [0.29, 0.717) is 23.8 Å². The van der Waals surface area contributed by atoms with E-state index in [2.05, 4.69) is 4.98 Å². The maximum Gasteiger partial charge on any atom is 0.194 e. The molecule has 2 aromatic heterocycles. The second-order valence-electron chi connectivity index (χ2n) is 4.80. The van der Waals surface area contributed by atoms with Crippen LogP contribution in [0.25, 0.3) is 11.0 Å². The van der Waals surface area contributed by atoms with Gasteiger partial charge in [0.05, 0.1) is 5.39 Å². The Morgan fingerprint density at radius 2 is 2.11 bits per heavy atom. The van der Waals surface area contributed by atoms with Gasteiger partial charge in [-0.15, -0.1) is 0 Å².